The summed E-state index contributed by atoms with van der Waals surface area (Å²) in [5, 5.41) is 0. The first-order chi connectivity index (χ1) is 9.80. The first kappa shape index (κ1) is 15.0. The van der Waals surface area contributed by atoms with Crippen molar-refractivity contribution in [2.75, 3.05) is 19.6 Å². The summed E-state index contributed by atoms with van der Waals surface area (Å²) < 4.78 is 2.27. The molecule has 0 amide bonds. The maximum Gasteiger partial charge on any atom is 0.124 e. The van der Waals surface area contributed by atoms with Crippen molar-refractivity contribution in [2.24, 2.45) is 5.73 Å². The standard InChI is InChI=1S/C16H26N4/c1-3-10-19(11-4-2)13-16-18-14-7-5-6-8-15(14)20(16)12-9-17/h5-8H,3-4,9-13,17H2,1-2H3. The van der Waals surface area contributed by atoms with E-state index in [1.807, 2.05) is 6.07 Å². The number of hydrogen-bond acceptors (Lipinski definition) is 3. The highest BCUT2D eigenvalue weighted by molar-refractivity contribution is 5.75. The molecule has 0 aliphatic heterocycles. The molecule has 0 saturated carbocycles. The lowest BCUT2D eigenvalue weighted by Gasteiger charge is -2.21. The maximum absolute atomic E-state index is 5.77. The average Bonchev–Trinajstić information content (AvgIpc) is 2.78. The van der Waals surface area contributed by atoms with Gasteiger partial charge in [-0.2, -0.15) is 0 Å². The highest BCUT2D eigenvalue weighted by Gasteiger charge is 2.13. The van der Waals surface area contributed by atoms with Gasteiger partial charge in [0.05, 0.1) is 17.6 Å². The molecule has 4 nitrogen and oxygen atoms in total. The van der Waals surface area contributed by atoms with Crippen LogP contribution in [0.3, 0.4) is 0 Å². The molecule has 0 aliphatic rings. The Bertz CT molecular complexity index is 526. The van der Waals surface area contributed by atoms with Gasteiger partial charge in [0.2, 0.25) is 0 Å². The van der Waals surface area contributed by atoms with Crippen molar-refractivity contribution in [3.05, 3.63) is 30.1 Å². The molecule has 1 aromatic heterocycles. The Morgan fingerprint density at radius 2 is 1.85 bits per heavy atom. The summed E-state index contributed by atoms with van der Waals surface area (Å²) in [7, 11) is 0. The molecule has 0 radical (unpaired) electrons. The van der Waals surface area contributed by atoms with Crippen LogP contribution in [0.4, 0.5) is 0 Å². The maximum atomic E-state index is 5.77. The minimum absolute atomic E-state index is 0.648. The SMILES string of the molecule is CCCN(CCC)Cc1nc2ccccc2n1CCN. The van der Waals surface area contributed by atoms with E-state index in [-0.39, 0.29) is 0 Å². The van der Waals surface area contributed by atoms with Crippen molar-refractivity contribution < 1.29 is 0 Å². The van der Waals surface area contributed by atoms with E-state index >= 15 is 0 Å². The summed E-state index contributed by atoms with van der Waals surface area (Å²) in [5.74, 6) is 1.14. The highest BCUT2D eigenvalue weighted by atomic mass is 15.2. The summed E-state index contributed by atoms with van der Waals surface area (Å²) in [5.41, 5.74) is 8.03. The van der Waals surface area contributed by atoms with Gasteiger partial charge in [0, 0.05) is 13.1 Å². The van der Waals surface area contributed by atoms with Crippen LogP contribution >= 0.6 is 0 Å². The van der Waals surface area contributed by atoms with E-state index in [9.17, 15) is 0 Å². The van der Waals surface area contributed by atoms with Crippen LogP contribution in [0.2, 0.25) is 0 Å². The Kier molecular flexibility index (Phi) is 5.56. The Labute approximate surface area is 121 Å². The molecule has 2 aromatic rings. The van der Waals surface area contributed by atoms with Crippen LogP contribution in [0, 0.1) is 0 Å². The predicted molar refractivity (Wildman–Crippen MR) is 84.6 cm³/mol. The summed E-state index contributed by atoms with van der Waals surface area (Å²) in [6.07, 6.45) is 2.36. The van der Waals surface area contributed by atoms with Gasteiger partial charge in [0.25, 0.3) is 0 Å². The molecule has 0 atom stereocenters. The van der Waals surface area contributed by atoms with Gasteiger partial charge in [0.1, 0.15) is 5.82 Å². The normalized spacial score (nSPS) is 11.6. The number of nitrogens with zero attached hydrogens (tertiary/aromatic N) is 3. The van der Waals surface area contributed by atoms with E-state index in [1.165, 1.54) is 18.4 Å². The number of aromatic nitrogens is 2. The van der Waals surface area contributed by atoms with Crippen LogP contribution in [0.5, 0.6) is 0 Å². The number of benzene rings is 1. The van der Waals surface area contributed by atoms with E-state index in [0.717, 1.165) is 37.5 Å². The summed E-state index contributed by atoms with van der Waals surface area (Å²) >= 11 is 0. The van der Waals surface area contributed by atoms with Gasteiger partial charge in [-0.05, 0) is 38.1 Å². The topological polar surface area (TPSA) is 47.1 Å². The zero-order valence-electron chi connectivity index (χ0n) is 12.7. The first-order valence-electron chi connectivity index (χ1n) is 7.66. The van der Waals surface area contributed by atoms with E-state index < -0.39 is 0 Å². The fourth-order valence-corrected chi connectivity index (χ4v) is 2.73. The second kappa shape index (κ2) is 7.41. The van der Waals surface area contributed by atoms with Crippen LogP contribution < -0.4 is 5.73 Å². The largest absolute Gasteiger partial charge is 0.329 e. The molecule has 2 rings (SSSR count). The number of imidazole rings is 1. The Balaban J connectivity index is 2.29. The Morgan fingerprint density at radius 3 is 2.50 bits per heavy atom. The minimum atomic E-state index is 0.648. The third-order valence-electron chi connectivity index (χ3n) is 3.53. The van der Waals surface area contributed by atoms with Crippen LogP contribution in [-0.2, 0) is 13.1 Å². The fourth-order valence-electron chi connectivity index (χ4n) is 2.73. The molecule has 0 saturated heterocycles. The Morgan fingerprint density at radius 1 is 1.15 bits per heavy atom. The average molecular weight is 274 g/mol. The molecule has 0 fully saturated rings. The third-order valence-corrected chi connectivity index (χ3v) is 3.53. The van der Waals surface area contributed by atoms with Gasteiger partial charge in [-0.3, -0.25) is 4.90 Å². The molecule has 2 N–H and O–H groups in total. The molecule has 0 aliphatic carbocycles. The summed E-state index contributed by atoms with van der Waals surface area (Å²) in [6.45, 7) is 9.10. The second-order valence-corrected chi connectivity index (χ2v) is 5.23. The van der Waals surface area contributed by atoms with Crippen LogP contribution in [0.25, 0.3) is 11.0 Å². The van der Waals surface area contributed by atoms with Crippen molar-refractivity contribution in [3.8, 4) is 0 Å². The van der Waals surface area contributed by atoms with E-state index in [0.29, 0.717) is 6.54 Å². The zero-order chi connectivity index (χ0) is 14.4. The summed E-state index contributed by atoms with van der Waals surface area (Å²) in [4.78, 5) is 7.28. The molecule has 0 bridgehead atoms. The van der Waals surface area contributed by atoms with Crippen molar-refractivity contribution in [1.82, 2.24) is 14.5 Å². The molecule has 1 heterocycles. The third kappa shape index (κ3) is 3.38. The smallest absolute Gasteiger partial charge is 0.124 e. The van der Waals surface area contributed by atoms with Crippen LogP contribution in [0.1, 0.15) is 32.5 Å². The van der Waals surface area contributed by atoms with Gasteiger partial charge in [0.15, 0.2) is 0 Å². The number of para-hydroxylation sites is 2. The summed E-state index contributed by atoms with van der Waals surface area (Å²) in [6, 6.07) is 8.32. The van der Waals surface area contributed by atoms with E-state index in [4.69, 9.17) is 10.7 Å². The molecule has 110 valence electrons. The number of fused-ring (bicyclic) bond motifs is 1. The number of hydrogen-bond donors (Lipinski definition) is 1. The molecule has 1 aromatic carbocycles. The van der Waals surface area contributed by atoms with Crippen molar-refractivity contribution in [2.45, 2.75) is 39.8 Å². The van der Waals surface area contributed by atoms with E-state index in [1.54, 1.807) is 0 Å². The number of nitrogens with two attached hydrogens (primary N) is 1. The van der Waals surface area contributed by atoms with Crippen molar-refractivity contribution in [3.63, 3.8) is 0 Å². The molecule has 20 heavy (non-hydrogen) atoms. The van der Waals surface area contributed by atoms with Crippen LogP contribution in [-0.4, -0.2) is 34.1 Å². The van der Waals surface area contributed by atoms with Gasteiger partial charge < -0.3 is 10.3 Å². The second-order valence-electron chi connectivity index (χ2n) is 5.23. The van der Waals surface area contributed by atoms with E-state index in [2.05, 4.69) is 41.5 Å². The van der Waals surface area contributed by atoms with Gasteiger partial charge >= 0.3 is 0 Å². The highest BCUT2D eigenvalue weighted by Crippen LogP contribution is 2.17. The molecular weight excluding hydrogens is 248 g/mol. The van der Waals surface area contributed by atoms with Gasteiger partial charge in [-0.1, -0.05) is 26.0 Å². The predicted octanol–water partition coefficient (Wildman–Crippen LogP) is 2.62. The van der Waals surface area contributed by atoms with Gasteiger partial charge in [-0.15, -0.1) is 0 Å². The fraction of sp³-hybridized carbons (Fsp3) is 0.562. The molecule has 0 spiro atoms. The van der Waals surface area contributed by atoms with Gasteiger partial charge in [-0.25, -0.2) is 4.98 Å². The lowest BCUT2D eigenvalue weighted by atomic mass is 10.3. The van der Waals surface area contributed by atoms with Crippen molar-refractivity contribution >= 4 is 11.0 Å². The molecule has 4 heteroatoms. The van der Waals surface area contributed by atoms with Crippen molar-refractivity contribution in [1.29, 1.82) is 0 Å². The number of rotatable bonds is 8. The quantitative estimate of drug-likeness (QED) is 0.805. The lowest BCUT2D eigenvalue weighted by Crippen LogP contribution is -2.27. The lowest BCUT2D eigenvalue weighted by molar-refractivity contribution is 0.257. The molecule has 0 unspecified atom stereocenters. The first-order valence-corrected chi connectivity index (χ1v) is 7.66. The Hall–Kier alpha value is -1.39. The minimum Gasteiger partial charge on any atom is -0.329 e. The molecular formula is C16H26N4. The zero-order valence-corrected chi connectivity index (χ0v) is 12.7. The monoisotopic (exact) mass is 274 g/mol. The van der Waals surface area contributed by atoms with Crippen LogP contribution in [0.15, 0.2) is 24.3 Å².